The van der Waals surface area contributed by atoms with E-state index in [0.717, 1.165) is 27.5 Å². The number of halogens is 1. The van der Waals surface area contributed by atoms with Crippen LogP contribution in [0.2, 0.25) is 0 Å². The van der Waals surface area contributed by atoms with Crippen molar-refractivity contribution < 1.29 is 28.2 Å². The monoisotopic (exact) mass is 480 g/mol. The molecule has 1 atom stereocenters. The lowest BCUT2D eigenvalue weighted by atomic mass is 9.98. The Hall–Kier alpha value is -3.81. The first-order valence-corrected chi connectivity index (χ1v) is 11.3. The van der Waals surface area contributed by atoms with E-state index in [-0.39, 0.29) is 31.8 Å². The molecule has 0 aromatic heterocycles. The molecule has 1 saturated heterocycles. The van der Waals surface area contributed by atoms with Crippen LogP contribution in [0.15, 0.2) is 48.5 Å². The first-order valence-electron chi connectivity index (χ1n) is 11.3. The van der Waals surface area contributed by atoms with Gasteiger partial charge in [-0.3, -0.25) is 9.59 Å². The lowest BCUT2D eigenvalue weighted by molar-refractivity contribution is -0.133. The predicted molar refractivity (Wildman–Crippen MR) is 132 cm³/mol. The fourth-order valence-electron chi connectivity index (χ4n) is 4.51. The Kier molecular flexibility index (Phi) is 6.82. The van der Waals surface area contributed by atoms with Gasteiger partial charge in [0, 0.05) is 20.0 Å². The van der Waals surface area contributed by atoms with Gasteiger partial charge in [-0.15, -0.1) is 0 Å². The normalized spacial score (nSPS) is 17.3. The van der Waals surface area contributed by atoms with E-state index in [2.05, 4.69) is 11.4 Å². The Bertz CT molecular complexity index is 1250. The fourth-order valence-corrected chi connectivity index (χ4v) is 4.51. The molecule has 0 saturated carbocycles. The van der Waals surface area contributed by atoms with Gasteiger partial charge in [0.1, 0.15) is 0 Å². The number of hydrogen-bond acceptors (Lipinski definition) is 5. The molecule has 3 aromatic carbocycles. The Morgan fingerprint density at radius 2 is 1.60 bits per heavy atom. The zero-order valence-electron chi connectivity index (χ0n) is 20.3. The molecule has 8 heteroatoms. The van der Waals surface area contributed by atoms with Gasteiger partial charge < -0.3 is 24.4 Å². The van der Waals surface area contributed by atoms with Crippen LogP contribution in [0.5, 0.6) is 17.2 Å². The maximum atomic E-state index is 14.8. The first-order chi connectivity index (χ1) is 16.8. The number of amides is 2. The smallest absolute Gasteiger partial charge is 0.259 e. The van der Waals surface area contributed by atoms with E-state index in [4.69, 9.17) is 14.2 Å². The third-order valence-corrected chi connectivity index (χ3v) is 6.46. The molecule has 1 aliphatic heterocycles. The van der Waals surface area contributed by atoms with Crippen molar-refractivity contribution in [1.82, 2.24) is 10.2 Å². The van der Waals surface area contributed by atoms with Gasteiger partial charge in [0.25, 0.3) is 5.91 Å². The van der Waals surface area contributed by atoms with Crippen LogP contribution < -0.4 is 19.5 Å². The molecule has 3 aromatic rings. The highest BCUT2D eigenvalue weighted by molar-refractivity contribution is 5.90. The number of likely N-dealkylation sites (tertiary alicyclic amines) is 1. The van der Waals surface area contributed by atoms with E-state index in [1.165, 1.54) is 11.9 Å². The average molecular weight is 481 g/mol. The van der Waals surface area contributed by atoms with E-state index in [1.807, 2.05) is 42.5 Å². The van der Waals surface area contributed by atoms with Crippen LogP contribution in [0.3, 0.4) is 0 Å². The van der Waals surface area contributed by atoms with Gasteiger partial charge >= 0.3 is 0 Å². The van der Waals surface area contributed by atoms with Crippen molar-refractivity contribution in [3.8, 4) is 28.4 Å². The molecular formula is C27H29FN2O5. The predicted octanol–water partition coefficient (Wildman–Crippen LogP) is 3.76. The zero-order valence-corrected chi connectivity index (χ0v) is 20.3. The molecule has 0 aliphatic carbocycles. The maximum Gasteiger partial charge on any atom is 0.259 e. The summed E-state index contributed by atoms with van der Waals surface area (Å²) in [5, 5.41) is 4.33. The molecule has 1 N–H and O–H groups in total. The van der Waals surface area contributed by atoms with Crippen molar-refractivity contribution in [3.63, 3.8) is 0 Å². The Balaban J connectivity index is 1.54. The van der Waals surface area contributed by atoms with Gasteiger partial charge in [0.05, 0.1) is 34.3 Å². The largest absolute Gasteiger partial charge is 0.493 e. The molecule has 7 nitrogen and oxygen atoms in total. The highest BCUT2D eigenvalue weighted by Crippen LogP contribution is 2.41. The SMILES string of the molecule is CNC(=O)C1(F)CCN(C(=O)Cc2ccc3cc(-c4cc(OC)c(OC)c(OC)c4)ccc3c2)C1. The number of hydrogen-bond donors (Lipinski definition) is 1. The summed E-state index contributed by atoms with van der Waals surface area (Å²) in [5.41, 5.74) is 0.711. The van der Waals surface area contributed by atoms with E-state index in [1.54, 1.807) is 21.3 Å². The molecule has 1 fully saturated rings. The van der Waals surface area contributed by atoms with Crippen molar-refractivity contribution in [3.05, 3.63) is 54.1 Å². The number of fused-ring (bicyclic) bond motifs is 1. The van der Waals surface area contributed by atoms with Gasteiger partial charge in [-0.1, -0.05) is 30.3 Å². The number of benzene rings is 3. The van der Waals surface area contributed by atoms with Crippen molar-refractivity contribution >= 4 is 22.6 Å². The zero-order chi connectivity index (χ0) is 25.2. The molecule has 0 spiro atoms. The Labute approximate surface area is 203 Å². The number of carbonyl (C=O) groups excluding carboxylic acids is 2. The van der Waals surface area contributed by atoms with Crippen molar-refractivity contribution in [2.75, 3.05) is 41.5 Å². The standard InChI is InChI=1S/C27H29FN2O5/c1-29-26(32)27(28)9-10-30(16-27)24(31)12-17-5-6-19-13-20(8-7-18(19)11-17)21-14-22(33-2)25(35-4)23(15-21)34-3/h5-8,11,13-15H,9-10,12,16H2,1-4H3,(H,29,32). The van der Waals surface area contributed by atoms with Crippen molar-refractivity contribution in [2.24, 2.45) is 0 Å². The van der Waals surface area contributed by atoms with Crippen LogP contribution in [0.25, 0.3) is 21.9 Å². The molecule has 2 amide bonds. The number of nitrogens with one attached hydrogen (secondary N) is 1. The summed E-state index contributed by atoms with van der Waals surface area (Å²) in [6, 6.07) is 15.7. The van der Waals surface area contributed by atoms with E-state index in [9.17, 15) is 14.0 Å². The maximum absolute atomic E-state index is 14.8. The number of carbonyl (C=O) groups is 2. The third kappa shape index (κ3) is 4.73. The van der Waals surface area contributed by atoms with E-state index < -0.39 is 11.6 Å². The summed E-state index contributed by atoms with van der Waals surface area (Å²) in [6.45, 7) is 0.0196. The lowest BCUT2D eigenvalue weighted by Gasteiger charge is -2.19. The topological polar surface area (TPSA) is 77.1 Å². The summed E-state index contributed by atoms with van der Waals surface area (Å²) >= 11 is 0. The summed E-state index contributed by atoms with van der Waals surface area (Å²) in [6.07, 6.45) is 0.161. The average Bonchev–Trinajstić information content (AvgIpc) is 3.30. The van der Waals surface area contributed by atoms with Gasteiger partial charge in [-0.05, 0) is 45.7 Å². The molecule has 1 unspecified atom stereocenters. The Morgan fingerprint density at radius 1 is 0.943 bits per heavy atom. The van der Waals surface area contributed by atoms with Gasteiger partial charge in [-0.25, -0.2) is 4.39 Å². The summed E-state index contributed by atoms with van der Waals surface area (Å²) in [5.74, 6) is 0.813. The first kappa shape index (κ1) is 24.3. The molecule has 0 radical (unpaired) electrons. The second-order valence-electron chi connectivity index (χ2n) is 8.60. The molecule has 1 aliphatic rings. The minimum atomic E-state index is -2.02. The number of methoxy groups -OCH3 is 3. The number of alkyl halides is 1. The molecule has 4 rings (SSSR count). The van der Waals surface area contributed by atoms with Crippen LogP contribution in [0, 0.1) is 0 Å². The lowest BCUT2D eigenvalue weighted by Crippen LogP contribution is -2.44. The third-order valence-electron chi connectivity index (χ3n) is 6.46. The Morgan fingerprint density at radius 3 is 2.23 bits per heavy atom. The molecule has 184 valence electrons. The summed E-state index contributed by atoms with van der Waals surface area (Å²) in [4.78, 5) is 26.0. The minimum absolute atomic E-state index is 0.0137. The van der Waals surface area contributed by atoms with Gasteiger partial charge in [-0.2, -0.15) is 0 Å². The molecule has 1 heterocycles. The number of rotatable bonds is 7. The van der Waals surface area contributed by atoms with Crippen LogP contribution in [0.4, 0.5) is 4.39 Å². The van der Waals surface area contributed by atoms with Gasteiger partial charge in [0.15, 0.2) is 11.5 Å². The molecular weight excluding hydrogens is 451 g/mol. The quantitative estimate of drug-likeness (QED) is 0.557. The van der Waals surface area contributed by atoms with Crippen molar-refractivity contribution in [1.29, 1.82) is 0 Å². The van der Waals surface area contributed by atoms with E-state index in [0.29, 0.717) is 17.2 Å². The molecule has 35 heavy (non-hydrogen) atoms. The van der Waals surface area contributed by atoms with Crippen LogP contribution in [-0.4, -0.2) is 63.8 Å². The minimum Gasteiger partial charge on any atom is -0.493 e. The van der Waals surface area contributed by atoms with Crippen LogP contribution >= 0.6 is 0 Å². The highest BCUT2D eigenvalue weighted by Gasteiger charge is 2.45. The van der Waals surface area contributed by atoms with Crippen molar-refractivity contribution in [2.45, 2.75) is 18.5 Å². The highest BCUT2D eigenvalue weighted by atomic mass is 19.1. The number of nitrogens with zero attached hydrogens (tertiary/aromatic N) is 1. The van der Waals surface area contributed by atoms with E-state index >= 15 is 0 Å². The van der Waals surface area contributed by atoms with Crippen LogP contribution in [-0.2, 0) is 16.0 Å². The molecule has 0 bridgehead atoms. The summed E-state index contributed by atoms with van der Waals surface area (Å²) in [7, 11) is 6.13. The second kappa shape index (κ2) is 9.82. The fraction of sp³-hybridized carbons (Fsp3) is 0.333. The second-order valence-corrected chi connectivity index (χ2v) is 8.60. The summed E-state index contributed by atoms with van der Waals surface area (Å²) < 4.78 is 31.1. The number of ether oxygens (including phenoxy) is 3. The van der Waals surface area contributed by atoms with Crippen LogP contribution in [0.1, 0.15) is 12.0 Å². The van der Waals surface area contributed by atoms with Gasteiger partial charge in [0.2, 0.25) is 17.3 Å².